The summed E-state index contributed by atoms with van der Waals surface area (Å²) in [6.07, 6.45) is 0.383. The Hall–Kier alpha value is -1.23. The van der Waals surface area contributed by atoms with Gasteiger partial charge in [-0.1, -0.05) is 0 Å². The van der Waals surface area contributed by atoms with Crippen LogP contribution in [0.4, 0.5) is 4.39 Å². The third-order valence-electron chi connectivity index (χ3n) is 1.71. The van der Waals surface area contributed by atoms with Crippen LogP contribution in [0.1, 0.15) is 27.6 Å². The van der Waals surface area contributed by atoms with Gasteiger partial charge in [0.25, 0.3) is 0 Å². The van der Waals surface area contributed by atoms with E-state index in [4.69, 9.17) is 4.74 Å². The molecule has 0 aliphatic carbocycles. The minimum atomic E-state index is -0.748. The lowest BCUT2D eigenvalue weighted by Gasteiger charge is -2.04. The molecule has 0 saturated heterocycles. The summed E-state index contributed by atoms with van der Waals surface area (Å²) < 4.78 is 18.2. The van der Waals surface area contributed by atoms with Crippen LogP contribution in [-0.2, 0) is 4.74 Å². The molecule has 0 atom stereocenters. The summed E-state index contributed by atoms with van der Waals surface area (Å²) in [6, 6.07) is 2.33. The van der Waals surface area contributed by atoms with Crippen molar-refractivity contribution in [2.75, 3.05) is 6.61 Å². The number of hydrogen-bond donors (Lipinski definition) is 0. The van der Waals surface area contributed by atoms with Gasteiger partial charge in [0.1, 0.15) is 5.82 Å². The Labute approximate surface area is 94.4 Å². The maximum Gasteiger partial charge on any atom is 0.338 e. The Morgan fingerprint density at radius 3 is 2.73 bits per heavy atom. The highest BCUT2D eigenvalue weighted by Crippen LogP contribution is 2.21. The van der Waals surface area contributed by atoms with Crippen LogP contribution in [0.25, 0.3) is 0 Å². The van der Waals surface area contributed by atoms with Gasteiger partial charge < -0.3 is 4.74 Å². The van der Waals surface area contributed by atoms with Crippen molar-refractivity contribution in [3.05, 3.63) is 33.5 Å². The molecule has 0 N–H and O–H groups in total. The summed E-state index contributed by atoms with van der Waals surface area (Å²) in [6.45, 7) is 1.87. The summed E-state index contributed by atoms with van der Waals surface area (Å²) in [5.41, 5.74) is -0.0325. The Bertz CT molecular complexity index is 381. The lowest BCUT2D eigenvalue weighted by molar-refractivity contribution is 0.0525. The number of benzene rings is 1. The molecule has 0 aliphatic rings. The Kier molecular flexibility index (Phi) is 3.96. The number of ether oxygens (including phenoxy) is 1. The molecule has 0 aliphatic heterocycles. The third-order valence-corrected chi connectivity index (χ3v) is 2.36. The van der Waals surface area contributed by atoms with E-state index >= 15 is 0 Å². The second kappa shape index (κ2) is 5.02. The predicted molar refractivity (Wildman–Crippen MR) is 55.4 cm³/mol. The maximum atomic E-state index is 13.2. The molecule has 0 saturated carbocycles. The van der Waals surface area contributed by atoms with Crippen molar-refractivity contribution in [1.29, 1.82) is 0 Å². The van der Waals surface area contributed by atoms with E-state index in [1.807, 2.05) is 0 Å². The van der Waals surface area contributed by atoms with Gasteiger partial charge in [-0.25, -0.2) is 9.18 Å². The fourth-order valence-corrected chi connectivity index (χ4v) is 1.56. The summed E-state index contributed by atoms with van der Waals surface area (Å²) in [7, 11) is 0. The van der Waals surface area contributed by atoms with Gasteiger partial charge in [-0.05, 0) is 35.0 Å². The Morgan fingerprint density at radius 2 is 2.27 bits per heavy atom. The molecular weight excluding hydrogens is 267 g/mol. The normalized spacial score (nSPS) is 9.80. The summed E-state index contributed by atoms with van der Waals surface area (Å²) in [4.78, 5) is 21.7. The molecule has 0 amide bonds. The lowest BCUT2D eigenvalue weighted by Crippen LogP contribution is -2.06. The van der Waals surface area contributed by atoms with Crippen molar-refractivity contribution in [1.82, 2.24) is 0 Å². The molecule has 1 aromatic carbocycles. The molecule has 0 heterocycles. The van der Waals surface area contributed by atoms with Crippen LogP contribution in [0.5, 0.6) is 0 Å². The van der Waals surface area contributed by atoms with Crippen molar-refractivity contribution >= 4 is 28.2 Å². The van der Waals surface area contributed by atoms with Crippen LogP contribution in [0, 0.1) is 5.82 Å². The van der Waals surface area contributed by atoms with E-state index in [1.165, 1.54) is 6.07 Å². The number of hydrogen-bond acceptors (Lipinski definition) is 3. The van der Waals surface area contributed by atoms with Crippen LogP contribution in [-0.4, -0.2) is 18.9 Å². The quantitative estimate of drug-likeness (QED) is 0.629. The van der Waals surface area contributed by atoms with Gasteiger partial charge in [0.2, 0.25) is 0 Å². The molecule has 5 heteroatoms. The highest BCUT2D eigenvalue weighted by atomic mass is 79.9. The molecule has 3 nitrogen and oxygen atoms in total. The number of carbonyl (C=O) groups excluding carboxylic acids is 2. The van der Waals surface area contributed by atoms with E-state index in [0.29, 0.717) is 6.29 Å². The molecule has 1 aromatic rings. The SMILES string of the molecule is CCOC(=O)c1cc(F)c(C=O)c(Br)c1. The van der Waals surface area contributed by atoms with Gasteiger partial charge in [-0.15, -0.1) is 0 Å². The van der Waals surface area contributed by atoms with Crippen LogP contribution in [0.3, 0.4) is 0 Å². The first kappa shape index (κ1) is 11.8. The van der Waals surface area contributed by atoms with E-state index in [9.17, 15) is 14.0 Å². The third kappa shape index (κ3) is 2.62. The van der Waals surface area contributed by atoms with Crippen LogP contribution >= 0.6 is 15.9 Å². The molecular formula is C10H8BrFO3. The zero-order chi connectivity index (χ0) is 11.4. The van der Waals surface area contributed by atoms with Crippen molar-refractivity contribution in [3.63, 3.8) is 0 Å². The molecule has 15 heavy (non-hydrogen) atoms. The zero-order valence-electron chi connectivity index (χ0n) is 7.92. The van der Waals surface area contributed by atoms with E-state index in [-0.39, 0.29) is 22.2 Å². The van der Waals surface area contributed by atoms with Crippen LogP contribution in [0.2, 0.25) is 0 Å². The summed E-state index contributed by atoms with van der Waals surface area (Å²) in [5.74, 6) is -1.36. The largest absolute Gasteiger partial charge is 0.462 e. The van der Waals surface area contributed by atoms with Crippen LogP contribution in [0.15, 0.2) is 16.6 Å². The van der Waals surface area contributed by atoms with E-state index in [2.05, 4.69) is 15.9 Å². The first-order chi connectivity index (χ1) is 7.10. The molecule has 0 unspecified atom stereocenters. The van der Waals surface area contributed by atoms with Gasteiger partial charge in [-0.2, -0.15) is 0 Å². The molecule has 0 radical (unpaired) electrons. The standard InChI is InChI=1S/C10H8BrFO3/c1-2-15-10(14)6-3-8(11)7(5-13)9(12)4-6/h3-5H,2H2,1H3. The van der Waals surface area contributed by atoms with Crippen molar-refractivity contribution in [2.24, 2.45) is 0 Å². The first-order valence-corrected chi connectivity index (χ1v) is 5.00. The topological polar surface area (TPSA) is 43.4 Å². The second-order valence-electron chi connectivity index (χ2n) is 2.69. The average Bonchev–Trinajstić information content (AvgIpc) is 2.17. The average molecular weight is 275 g/mol. The van der Waals surface area contributed by atoms with Crippen molar-refractivity contribution in [3.8, 4) is 0 Å². The van der Waals surface area contributed by atoms with E-state index < -0.39 is 11.8 Å². The minimum absolute atomic E-state index is 0.0758. The highest BCUT2D eigenvalue weighted by molar-refractivity contribution is 9.10. The summed E-state index contributed by atoms with van der Waals surface area (Å²) in [5, 5.41) is 0. The number of carbonyl (C=O) groups is 2. The highest BCUT2D eigenvalue weighted by Gasteiger charge is 2.13. The van der Waals surface area contributed by atoms with Crippen LogP contribution < -0.4 is 0 Å². The predicted octanol–water partition coefficient (Wildman–Crippen LogP) is 2.58. The number of esters is 1. The molecule has 80 valence electrons. The minimum Gasteiger partial charge on any atom is -0.462 e. The first-order valence-electron chi connectivity index (χ1n) is 4.21. The Morgan fingerprint density at radius 1 is 1.60 bits per heavy atom. The molecule has 1 rings (SSSR count). The van der Waals surface area contributed by atoms with Crippen molar-refractivity contribution in [2.45, 2.75) is 6.92 Å². The fraction of sp³-hybridized carbons (Fsp3) is 0.200. The second-order valence-corrected chi connectivity index (χ2v) is 3.55. The molecule has 0 fully saturated rings. The van der Waals surface area contributed by atoms with Gasteiger partial charge in [0.15, 0.2) is 6.29 Å². The van der Waals surface area contributed by atoms with E-state index in [1.54, 1.807) is 6.92 Å². The monoisotopic (exact) mass is 274 g/mol. The smallest absolute Gasteiger partial charge is 0.338 e. The summed E-state index contributed by atoms with van der Waals surface area (Å²) >= 11 is 3.00. The maximum absolute atomic E-state index is 13.2. The fourth-order valence-electron chi connectivity index (χ4n) is 1.03. The van der Waals surface area contributed by atoms with Gasteiger partial charge in [0, 0.05) is 4.47 Å². The molecule has 0 bridgehead atoms. The molecule has 0 aromatic heterocycles. The number of halogens is 2. The molecule has 0 spiro atoms. The van der Waals surface area contributed by atoms with E-state index in [0.717, 1.165) is 6.07 Å². The van der Waals surface area contributed by atoms with Crippen molar-refractivity contribution < 1.29 is 18.7 Å². The lowest BCUT2D eigenvalue weighted by atomic mass is 10.1. The van der Waals surface area contributed by atoms with Gasteiger partial charge >= 0.3 is 5.97 Å². The zero-order valence-corrected chi connectivity index (χ0v) is 9.51. The number of rotatable bonds is 3. The number of aldehydes is 1. The van der Waals surface area contributed by atoms with Gasteiger partial charge in [0.05, 0.1) is 17.7 Å². The van der Waals surface area contributed by atoms with Gasteiger partial charge in [-0.3, -0.25) is 4.79 Å². The Balaban J connectivity index is 3.13.